The summed E-state index contributed by atoms with van der Waals surface area (Å²) in [5, 5.41) is 9.42. The molecule has 0 saturated carbocycles. The molecule has 4 rings (SSSR count). The van der Waals surface area contributed by atoms with Crippen molar-refractivity contribution in [1.82, 2.24) is 10.3 Å². The van der Waals surface area contributed by atoms with Crippen molar-refractivity contribution in [2.75, 3.05) is 17.7 Å². The number of benzene rings is 2. The van der Waals surface area contributed by atoms with Crippen LogP contribution >= 0.6 is 11.3 Å². The molecule has 0 aliphatic heterocycles. The zero-order chi connectivity index (χ0) is 21.8. The highest BCUT2D eigenvalue weighted by molar-refractivity contribution is 7.23. The van der Waals surface area contributed by atoms with Gasteiger partial charge in [-0.25, -0.2) is 9.18 Å². The lowest BCUT2D eigenvalue weighted by Crippen LogP contribution is -2.18. The molecule has 0 bridgehead atoms. The number of anilines is 2. The third-order valence-electron chi connectivity index (χ3n) is 4.24. The molecule has 3 amide bonds. The summed E-state index contributed by atoms with van der Waals surface area (Å²) < 4.78 is 20.0. The molecule has 31 heavy (non-hydrogen) atoms. The van der Waals surface area contributed by atoms with Gasteiger partial charge in [0.05, 0.1) is 5.00 Å². The highest BCUT2D eigenvalue weighted by Gasteiger charge is 2.10. The summed E-state index contributed by atoms with van der Waals surface area (Å²) in [5.74, 6) is 0.340. The van der Waals surface area contributed by atoms with Crippen molar-refractivity contribution in [2.45, 2.75) is 0 Å². The van der Waals surface area contributed by atoms with Crippen molar-refractivity contribution < 1.29 is 18.7 Å². The van der Waals surface area contributed by atoms with Crippen molar-refractivity contribution in [2.24, 2.45) is 0 Å². The van der Waals surface area contributed by atoms with Gasteiger partial charge in [0.2, 0.25) is 0 Å². The molecule has 0 spiro atoms. The predicted molar refractivity (Wildman–Crippen MR) is 119 cm³/mol. The predicted octanol–water partition coefficient (Wildman–Crippen LogP) is 5.23. The number of amides is 3. The van der Waals surface area contributed by atoms with Gasteiger partial charge in [-0.3, -0.25) is 15.1 Å². The Bertz CT molecular complexity index is 1270. The molecule has 3 N–H and O–H groups in total. The van der Waals surface area contributed by atoms with E-state index in [9.17, 15) is 14.0 Å². The number of rotatable bonds is 5. The molecule has 2 aromatic heterocycles. The summed E-state index contributed by atoms with van der Waals surface area (Å²) in [6.45, 7) is 0. The average Bonchev–Trinajstić information content (AvgIpc) is 3.14. The first-order chi connectivity index (χ1) is 15.0. The number of aromatic nitrogens is 1. The Morgan fingerprint density at radius 1 is 1.00 bits per heavy atom. The number of fused-ring (bicyclic) bond motifs is 1. The molecule has 0 radical (unpaired) electrons. The number of pyridine rings is 1. The zero-order valence-electron chi connectivity index (χ0n) is 16.3. The van der Waals surface area contributed by atoms with E-state index in [0.717, 1.165) is 10.1 Å². The molecule has 2 aromatic carbocycles. The van der Waals surface area contributed by atoms with Gasteiger partial charge in [-0.1, -0.05) is 6.07 Å². The Labute approximate surface area is 180 Å². The van der Waals surface area contributed by atoms with Gasteiger partial charge in [0, 0.05) is 29.7 Å². The Morgan fingerprint density at radius 2 is 1.84 bits per heavy atom. The third-order valence-corrected chi connectivity index (χ3v) is 5.25. The number of nitrogens with one attached hydrogen (secondary N) is 3. The van der Waals surface area contributed by atoms with E-state index in [1.807, 2.05) is 18.2 Å². The smallest absolute Gasteiger partial charge is 0.324 e. The van der Waals surface area contributed by atoms with Crippen LogP contribution in [-0.2, 0) is 0 Å². The van der Waals surface area contributed by atoms with Crippen LogP contribution in [-0.4, -0.2) is 24.0 Å². The number of thiophene rings is 1. The summed E-state index contributed by atoms with van der Waals surface area (Å²) in [7, 11) is 1.53. The van der Waals surface area contributed by atoms with Gasteiger partial charge < -0.3 is 15.4 Å². The summed E-state index contributed by atoms with van der Waals surface area (Å²) in [5.41, 5.74) is 0.621. The standard InChI is InChI=1S/C22H17FN4O3S/c1-24-21(28)18-11-17(7-8-25-18)30-16-6-5-13-9-20(31-19(13)12-16)27-22(29)26-15-4-2-3-14(23)10-15/h2-12H,1H3,(H,24,28)(H2,26,27,29). The van der Waals surface area contributed by atoms with Gasteiger partial charge >= 0.3 is 6.03 Å². The van der Waals surface area contributed by atoms with E-state index in [0.29, 0.717) is 22.2 Å². The number of nitrogens with zero attached hydrogens (tertiary/aromatic N) is 1. The average molecular weight is 436 g/mol. The van der Waals surface area contributed by atoms with Crippen LogP contribution in [0.3, 0.4) is 0 Å². The van der Waals surface area contributed by atoms with Crippen molar-refractivity contribution in [3.63, 3.8) is 0 Å². The van der Waals surface area contributed by atoms with Gasteiger partial charge in [0.15, 0.2) is 0 Å². The topological polar surface area (TPSA) is 92.4 Å². The van der Waals surface area contributed by atoms with Crippen LogP contribution in [0.2, 0.25) is 0 Å². The molecule has 7 nitrogen and oxygen atoms in total. The maximum Gasteiger partial charge on any atom is 0.324 e. The van der Waals surface area contributed by atoms with Gasteiger partial charge in [-0.2, -0.15) is 0 Å². The van der Waals surface area contributed by atoms with Crippen LogP contribution in [0, 0.1) is 5.82 Å². The molecule has 2 heterocycles. The maximum absolute atomic E-state index is 13.3. The lowest BCUT2D eigenvalue weighted by molar-refractivity contribution is 0.0958. The second-order valence-corrected chi connectivity index (χ2v) is 7.54. The number of ether oxygens (including phenoxy) is 1. The largest absolute Gasteiger partial charge is 0.457 e. The number of hydrogen-bond acceptors (Lipinski definition) is 5. The molecule has 156 valence electrons. The highest BCUT2D eigenvalue weighted by Crippen LogP contribution is 2.34. The Morgan fingerprint density at radius 3 is 2.65 bits per heavy atom. The Balaban J connectivity index is 1.47. The molecule has 0 aliphatic rings. The Kier molecular flexibility index (Phi) is 5.76. The van der Waals surface area contributed by atoms with E-state index >= 15 is 0 Å². The molecule has 9 heteroatoms. The first-order valence-electron chi connectivity index (χ1n) is 9.23. The van der Waals surface area contributed by atoms with E-state index in [2.05, 4.69) is 20.9 Å². The molecular weight excluding hydrogens is 419 g/mol. The molecule has 0 atom stereocenters. The minimum absolute atomic E-state index is 0.257. The normalized spacial score (nSPS) is 10.5. The molecule has 0 saturated heterocycles. The van der Waals surface area contributed by atoms with E-state index in [1.54, 1.807) is 24.3 Å². The minimum Gasteiger partial charge on any atom is -0.457 e. The lowest BCUT2D eigenvalue weighted by Gasteiger charge is -2.07. The molecule has 4 aromatic rings. The second kappa shape index (κ2) is 8.80. The quantitative estimate of drug-likeness (QED) is 0.399. The van der Waals surface area contributed by atoms with E-state index < -0.39 is 11.8 Å². The molecule has 0 fully saturated rings. The first kappa shape index (κ1) is 20.3. The fraction of sp³-hybridized carbons (Fsp3) is 0.0455. The number of halogens is 1. The maximum atomic E-state index is 13.3. The van der Waals surface area contributed by atoms with Gasteiger partial charge in [0.25, 0.3) is 5.91 Å². The zero-order valence-corrected chi connectivity index (χ0v) is 17.1. The van der Waals surface area contributed by atoms with Crippen LogP contribution in [0.25, 0.3) is 10.1 Å². The number of carbonyl (C=O) groups is 2. The second-order valence-electron chi connectivity index (χ2n) is 6.46. The number of hydrogen-bond donors (Lipinski definition) is 3. The van der Waals surface area contributed by atoms with Crippen LogP contribution in [0.5, 0.6) is 11.5 Å². The highest BCUT2D eigenvalue weighted by atomic mass is 32.1. The molecule has 0 aliphatic carbocycles. The van der Waals surface area contributed by atoms with Gasteiger partial charge in [-0.15, -0.1) is 11.3 Å². The van der Waals surface area contributed by atoms with Gasteiger partial charge in [0.1, 0.15) is 23.0 Å². The molecule has 0 unspecified atom stereocenters. The SMILES string of the molecule is CNC(=O)c1cc(Oc2ccc3cc(NC(=O)Nc4cccc(F)c4)sc3c2)ccn1. The van der Waals surface area contributed by atoms with Crippen LogP contribution in [0.15, 0.2) is 66.9 Å². The first-order valence-corrected chi connectivity index (χ1v) is 10.0. The minimum atomic E-state index is -0.466. The van der Waals surface area contributed by atoms with Crippen LogP contribution in [0.4, 0.5) is 19.9 Å². The van der Waals surface area contributed by atoms with Crippen molar-refractivity contribution in [3.05, 3.63) is 78.4 Å². The number of carbonyl (C=O) groups excluding carboxylic acids is 2. The van der Waals surface area contributed by atoms with Crippen molar-refractivity contribution in [1.29, 1.82) is 0 Å². The number of urea groups is 1. The van der Waals surface area contributed by atoms with Crippen LogP contribution < -0.4 is 20.7 Å². The lowest BCUT2D eigenvalue weighted by atomic mass is 10.2. The van der Waals surface area contributed by atoms with Crippen molar-refractivity contribution >= 4 is 44.0 Å². The van der Waals surface area contributed by atoms with Crippen molar-refractivity contribution in [3.8, 4) is 11.5 Å². The third kappa shape index (κ3) is 4.96. The Hall–Kier alpha value is -3.98. The van der Waals surface area contributed by atoms with E-state index in [-0.39, 0.29) is 11.6 Å². The summed E-state index contributed by atoms with van der Waals surface area (Å²) in [4.78, 5) is 27.9. The van der Waals surface area contributed by atoms with Gasteiger partial charge in [-0.05, 0) is 53.9 Å². The summed E-state index contributed by atoms with van der Waals surface area (Å²) >= 11 is 1.37. The van der Waals surface area contributed by atoms with Crippen LogP contribution in [0.1, 0.15) is 10.5 Å². The molecular formula is C22H17FN4O3S. The monoisotopic (exact) mass is 436 g/mol. The van der Waals surface area contributed by atoms with E-state index in [4.69, 9.17) is 4.74 Å². The van der Waals surface area contributed by atoms with E-state index in [1.165, 1.54) is 42.8 Å². The fourth-order valence-electron chi connectivity index (χ4n) is 2.84. The summed E-state index contributed by atoms with van der Waals surface area (Å²) in [6, 6.07) is 15.8. The fourth-order valence-corrected chi connectivity index (χ4v) is 3.83. The summed E-state index contributed by atoms with van der Waals surface area (Å²) in [6.07, 6.45) is 1.50.